The normalized spacial score (nSPS) is 19.6. The first-order valence-electron chi connectivity index (χ1n) is 9.06. The Bertz CT molecular complexity index is 765. The van der Waals surface area contributed by atoms with Gasteiger partial charge in [-0.2, -0.15) is 0 Å². The lowest BCUT2D eigenvalue weighted by atomic mass is 9.86. The lowest BCUT2D eigenvalue weighted by Crippen LogP contribution is -2.48. The molecule has 1 aromatic heterocycles. The molecule has 0 unspecified atom stereocenters. The van der Waals surface area contributed by atoms with E-state index < -0.39 is 5.60 Å². The quantitative estimate of drug-likeness (QED) is 0.893. The Morgan fingerprint density at radius 2 is 2.04 bits per heavy atom. The molecule has 0 aliphatic carbocycles. The number of aliphatic hydroxyl groups is 1. The molecule has 2 heterocycles. The van der Waals surface area contributed by atoms with Crippen LogP contribution < -0.4 is 4.74 Å². The maximum atomic E-state index is 13.0. The van der Waals surface area contributed by atoms with E-state index in [2.05, 4.69) is 4.98 Å². The van der Waals surface area contributed by atoms with Crippen molar-refractivity contribution in [2.24, 2.45) is 0 Å². The van der Waals surface area contributed by atoms with Gasteiger partial charge in [-0.15, -0.1) is 0 Å². The summed E-state index contributed by atoms with van der Waals surface area (Å²) in [5, 5.41) is 11.2. The first kappa shape index (κ1) is 18.5. The molecule has 0 radical (unpaired) electrons. The summed E-state index contributed by atoms with van der Waals surface area (Å²) in [4.78, 5) is 19.0. The fourth-order valence-corrected chi connectivity index (χ4v) is 3.59. The van der Waals surface area contributed by atoms with E-state index >= 15 is 0 Å². The van der Waals surface area contributed by atoms with Crippen LogP contribution in [0.25, 0.3) is 0 Å². The van der Waals surface area contributed by atoms with Crippen molar-refractivity contribution in [1.82, 2.24) is 14.5 Å². The summed E-state index contributed by atoms with van der Waals surface area (Å²) in [7, 11) is 1.61. The van der Waals surface area contributed by atoms with Crippen molar-refractivity contribution in [1.29, 1.82) is 0 Å². The van der Waals surface area contributed by atoms with Crippen LogP contribution in [0.15, 0.2) is 36.8 Å². The summed E-state index contributed by atoms with van der Waals surface area (Å²) >= 11 is 0. The van der Waals surface area contributed by atoms with Gasteiger partial charge < -0.3 is 19.3 Å². The number of nitrogens with zero attached hydrogens (tertiary/aromatic N) is 3. The number of benzene rings is 1. The molecule has 1 aromatic carbocycles. The summed E-state index contributed by atoms with van der Waals surface area (Å²) in [5.74, 6) is 0.615. The fraction of sp³-hybridized carbons (Fsp3) is 0.500. The molecule has 1 aliphatic rings. The third-order valence-corrected chi connectivity index (χ3v) is 5.25. The number of ether oxygens (including phenoxy) is 1. The Labute approximate surface area is 154 Å². The van der Waals surface area contributed by atoms with E-state index in [1.165, 1.54) is 0 Å². The molecule has 1 amide bonds. The topological polar surface area (TPSA) is 67.6 Å². The van der Waals surface area contributed by atoms with Gasteiger partial charge >= 0.3 is 0 Å². The minimum Gasteiger partial charge on any atom is -0.497 e. The fourth-order valence-electron chi connectivity index (χ4n) is 3.59. The number of hydrogen-bond acceptors (Lipinski definition) is 4. The minimum atomic E-state index is -1.14. The van der Waals surface area contributed by atoms with Crippen molar-refractivity contribution in [2.45, 2.75) is 51.3 Å². The zero-order valence-electron chi connectivity index (χ0n) is 15.8. The molecule has 0 bridgehead atoms. The summed E-state index contributed by atoms with van der Waals surface area (Å²) in [6.45, 7) is 6.49. The van der Waals surface area contributed by atoms with E-state index in [4.69, 9.17) is 4.74 Å². The molecule has 0 saturated carbocycles. The summed E-state index contributed by atoms with van der Waals surface area (Å²) in [6.07, 6.45) is 5.10. The summed E-state index contributed by atoms with van der Waals surface area (Å²) in [6, 6.07) is 7.33. The predicted molar refractivity (Wildman–Crippen MR) is 99.2 cm³/mol. The van der Waals surface area contributed by atoms with Crippen LogP contribution in [0.2, 0.25) is 0 Å². The third kappa shape index (κ3) is 3.33. The minimum absolute atomic E-state index is 0.124. The molecule has 3 rings (SSSR count). The SMILES string of the molecule is COc1ccc([C@](C)(O)[C@H]2CCCN2C(=O)c2cn(C(C)C)cn2)cc1. The van der Waals surface area contributed by atoms with E-state index in [0.717, 1.165) is 24.2 Å². The number of carbonyl (C=O) groups excluding carboxylic acids is 1. The Morgan fingerprint density at radius 3 is 2.62 bits per heavy atom. The molecule has 1 N–H and O–H groups in total. The zero-order chi connectivity index (χ0) is 18.9. The first-order valence-corrected chi connectivity index (χ1v) is 9.06. The van der Waals surface area contributed by atoms with Crippen LogP contribution in [0.3, 0.4) is 0 Å². The van der Waals surface area contributed by atoms with E-state index in [-0.39, 0.29) is 18.0 Å². The highest BCUT2D eigenvalue weighted by atomic mass is 16.5. The highest BCUT2D eigenvalue weighted by Crippen LogP contribution is 2.36. The van der Waals surface area contributed by atoms with Crippen LogP contribution in [0, 0.1) is 0 Å². The van der Waals surface area contributed by atoms with E-state index in [9.17, 15) is 9.90 Å². The average Bonchev–Trinajstić information content (AvgIpc) is 3.31. The highest BCUT2D eigenvalue weighted by molar-refractivity contribution is 5.92. The van der Waals surface area contributed by atoms with Crippen molar-refractivity contribution in [3.63, 3.8) is 0 Å². The Balaban J connectivity index is 1.84. The second kappa shape index (κ2) is 7.11. The van der Waals surface area contributed by atoms with Crippen LogP contribution in [0.5, 0.6) is 5.75 Å². The predicted octanol–water partition coefficient (Wildman–Crippen LogP) is 2.98. The number of likely N-dealkylation sites (tertiary alicyclic amines) is 1. The summed E-state index contributed by atoms with van der Waals surface area (Å²) < 4.78 is 7.11. The molecule has 140 valence electrons. The standard InChI is InChI=1S/C20H27N3O3/c1-14(2)22-12-17(21-13-22)19(24)23-11-5-6-18(23)20(3,25)15-7-9-16(26-4)10-8-15/h7-10,12-14,18,25H,5-6,11H2,1-4H3/t18-,20+/m1/s1. The number of hydrogen-bond donors (Lipinski definition) is 1. The van der Waals surface area contributed by atoms with Crippen LogP contribution in [0.1, 0.15) is 55.7 Å². The van der Waals surface area contributed by atoms with Crippen molar-refractivity contribution in [3.05, 3.63) is 48.0 Å². The largest absolute Gasteiger partial charge is 0.497 e. The number of methoxy groups -OCH3 is 1. The molecule has 6 heteroatoms. The monoisotopic (exact) mass is 357 g/mol. The smallest absolute Gasteiger partial charge is 0.274 e. The maximum Gasteiger partial charge on any atom is 0.274 e. The molecular formula is C20H27N3O3. The lowest BCUT2D eigenvalue weighted by Gasteiger charge is -2.36. The number of aromatic nitrogens is 2. The molecule has 1 aliphatic heterocycles. The first-order chi connectivity index (χ1) is 12.3. The van der Waals surface area contributed by atoms with E-state index in [1.807, 2.05) is 42.7 Å². The zero-order valence-corrected chi connectivity index (χ0v) is 15.8. The van der Waals surface area contributed by atoms with Gasteiger partial charge in [0.2, 0.25) is 0 Å². The van der Waals surface area contributed by atoms with Crippen molar-refractivity contribution < 1.29 is 14.6 Å². The summed E-state index contributed by atoms with van der Waals surface area (Å²) in [5.41, 5.74) is 0.0609. The molecule has 1 saturated heterocycles. The number of carbonyl (C=O) groups is 1. The van der Waals surface area contributed by atoms with Crippen LogP contribution >= 0.6 is 0 Å². The van der Waals surface area contributed by atoms with Gasteiger partial charge in [0, 0.05) is 18.8 Å². The van der Waals surface area contributed by atoms with Gasteiger partial charge in [-0.1, -0.05) is 12.1 Å². The van der Waals surface area contributed by atoms with Gasteiger partial charge in [0.05, 0.1) is 19.5 Å². The third-order valence-electron chi connectivity index (χ3n) is 5.25. The second-order valence-electron chi connectivity index (χ2n) is 7.33. The molecule has 1 fully saturated rings. The van der Waals surface area contributed by atoms with Gasteiger partial charge in [-0.3, -0.25) is 4.79 Å². The Morgan fingerprint density at radius 1 is 1.35 bits per heavy atom. The van der Waals surface area contributed by atoms with Crippen molar-refractivity contribution in [2.75, 3.05) is 13.7 Å². The van der Waals surface area contributed by atoms with Crippen LogP contribution in [0.4, 0.5) is 0 Å². The maximum absolute atomic E-state index is 13.0. The van der Waals surface area contributed by atoms with Crippen LogP contribution in [-0.4, -0.2) is 45.2 Å². The number of imidazole rings is 1. The lowest BCUT2D eigenvalue weighted by molar-refractivity contribution is -0.0179. The number of rotatable bonds is 5. The Kier molecular flexibility index (Phi) is 5.05. The van der Waals surface area contributed by atoms with Gasteiger partial charge in [0.25, 0.3) is 5.91 Å². The van der Waals surface area contributed by atoms with E-state index in [0.29, 0.717) is 12.2 Å². The van der Waals surface area contributed by atoms with Crippen molar-refractivity contribution in [3.8, 4) is 5.75 Å². The van der Waals surface area contributed by atoms with Gasteiger partial charge in [0.1, 0.15) is 17.0 Å². The second-order valence-corrected chi connectivity index (χ2v) is 7.33. The van der Waals surface area contributed by atoms with Crippen molar-refractivity contribution >= 4 is 5.91 Å². The Hall–Kier alpha value is -2.34. The molecule has 2 atom stereocenters. The molecular weight excluding hydrogens is 330 g/mol. The van der Waals surface area contributed by atoms with Gasteiger partial charge in [-0.05, 0) is 51.3 Å². The van der Waals surface area contributed by atoms with E-state index in [1.54, 1.807) is 31.5 Å². The highest BCUT2D eigenvalue weighted by Gasteiger charge is 2.43. The molecule has 0 spiro atoms. The van der Waals surface area contributed by atoms with Gasteiger partial charge in [0.15, 0.2) is 0 Å². The molecule has 2 aromatic rings. The van der Waals surface area contributed by atoms with Gasteiger partial charge in [-0.25, -0.2) is 4.98 Å². The number of amides is 1. The molecule has 6 nitrogen and oxygen atoms in total. The van der Waals surface area contributed by atoms with Crippen LogP contribution in [-0.2, 0) is 5.60 Å². The average molecular weight is 357 g/mol. The molecule has 26 heavy (non-hydrogen) atoms.